The topological polar surface area (TPSA) is 63.2 Å². The number of hydrogen-bond acceptors (Lipinski definition) is 4. The van der Waals surface area contributed by atoms with Crippen LogP contribution in [-0.4, -0.2) is 14.3 Å². The molecule has 0 radical (unpaired) electrons. The lowest BCUT2D eigenvalue weighted by atomic mass is 10.2. The Bertz CT molecular complexity index is 1030. The smallest absolute Gasteiger partial charge is 0.257 e. The van der Waals surface area contributed by atoms with Gasteiger partial charge in [0.25, 0.3) is 5.91 Å². The summed E-state index contributed by atoms with van der Waals surface area (Å²) >= 11 is 13.2. The highest BCUT2D eigenvalue weighted by Crippen LogP contribution is 2.39. The quantitative estimate of drug-likeness (QED) is 0.646. The first-order valence-electron chi connectivity index (χ1n) is 7.04. The number of nitrogens with one attached hydrogen (secondary N) is 1. The fourth-order valence-corrected chi connectivity index (χ4v) is 5.26. The number of amides is 1. The largest absolute Gasteiger partial charge is 0.319 e. The lowest BCUT2D eigenvalue weighted by Gasteiger charge is -2.09. The van der Waals surface area contributed by atoms with Crippen molar-refractivity contribution in [3.63, 3.8) is 0 Å². The number of thiophene rings is 1. The molecule has 3 rings (SSSR count). The zero-order valence-electron chi connectivity index (χ0n) is 12.6. The molecule has 0 aliphatic heterocycles. The highest BCUT2D eigenvalue weighted by molar-refractivity contribution is 7.91. The molecule has 25 heavy (non-hydrogen) atoms. The monoisotopic (exact) mass is 411 g/mol. The lowest BCUT2D eigenvalue weighted by Crippen LogP contribution is -2.14. The van der Waals surface area contributed by atoms with Crippen LogP contribution in [0.4, 0.5) is 5.69 Å². The molecule has 4 nitrogen and oxygen atoms in total. The van der Waals surface area contributed by atoms with Crippen molar-refractivity contribution in [3.8, 4) is 0 Å². The third-order valence-electron chi connectivity index (χ3n) is 3.41. The van der Waals surface area contributed by atoms with E-state index in [2.05, 4.69) is 5.32 Å². The molecule has 0 saturated heterocycles. The van der Waals surface area contributed by atoms with Gasteiger partial charge in [-0.05, 0) is 24.3 Å². The summed E-state index contributed by atoms with van der Waals surface area (Å²) < 4.78 is 25.8. The maximum absolute atomic E-state index is 12.8. The van der Waals surface area contributed by atoms with Gasteiger partial charge < -0.3 is 5.32 Å². The molecule has 1 amide bonds. The fourth-order valence-electron chi connectivity index (χ4n) is 2.18. The molecule has 0 aliphatic rings. The first-order valence-corrected chi connectivity index (χ1v) is 10.2. The number of anilines is 1. The summed E-state index contributed by atoms with van der Waals surface area (Å²) in [6.45, 7) is 0. The molecule has 0 bridgehead atoms. The average Bonchev–Trinajstić information content (AvgIpc) is 2.97. The first-order chi connectivity index (χ1) is 11.9. The van der Waals surface area contributed by atoms with Crippen LogP contribution in [0.2, 0.25) is 9.36 Å². The van der Waals surface area contributed by atoms with Gasteiger partial charge in [0.05, 0.1) is 21.2 Å². The van der Waals surface area contributed by atoms with Gasteiger partial charge in [-0.2, -0.15) is 0 Å². The molecule has 3 aromatic rings. The maximum Gasteiger partial charge on any atom is 0.257 e. The summed E-state index contributed by atoms with van der Waals surface area (Å²) in [4.78, 5) is 12.5. The lowest BCUT2D eigenvalue weighted by molar-refractivity contribution is 0.102. The highest BCUT2D eigenvalue weighted by Gasteiger charge is 2.26. The Balaban J connectivity index is 2.01. The molecule has 1 heterocycles. The van der Waals surface area contributed by atoms with Gasteiger partial charge in [-0.25, -0.2) is 8.42 Å². The van der Waals surface area contributed by atoms with Gasteiger partial charge in [-0.1, -0.05) is 53.5 Å². The molecule has 0 atom stereocenters. The second-order valence-electron chi connectivity index (χ2n) is 5.00. The number of rotatable bonds is 4. The van der Waals surface area contributed by atoms with Crippen molar-refractivity contribution in [2.24, 2.45) is 0 Å². The zero-order valence-corrected chi connectivity index (χ0v) is 15.7. The molecule has 0 unspecified atom stereocenters. The normalized spacial score (nSPS) is 11.3. The SMILES string of the molecule is O=C(Nc1c(S(=O)(=O)c2ccccc2)csc1Cl)c1ccccc1Cl. The van der Waals surface area contributed by atoms with Crippen molar-refractivity contribution in [2.45, 2.75) is 9.79 Å². The Kier molecular flexibility index (Phi) is 5.15. The van der Waals surface area contributed by atoms with Crippen LogP contribution >= 0.6 is 34.5 Å². The third-order valence-corrected chi connectivity index (χ3v) is 6.91. The van der Waals surface area contributed by atoms with Crippen molar-refractivity contribution < 1.29 is 13.2 Å². The Labute approximate surface area is 158 Å². The van der Waals surface area contributed by atoms with Crippen molar-refractivity contribution in [3.05, 3.63) is 74.9 Å². The van der Waals surface area contributed by atoms with Crippen LogP contribution in [0.5, 0.6) is 0 Å². The minimum absolute atomic E-state index is 0.0471. The van der Waals surface area contributed by atoms with Crippen LogP contribution in [0.1, 0.15) is 10.4 Å². The van der Waals surface area contributed by atoms with Crippen LogP contribution in [-0.2, 0) is 9.84 Å². The van der Waals surface area contributed by atoms with E-state index in [1.165, 1.54) is 17.5 Å². The van der Waals surface area contributed by atoms with E-state index < -0.39 is 15.7 Å². The average molecular weight is 412 g/mol. The minimum atomic E-state index is -3.81. The molecule has 8 heteroatoms. The molecule has 0 fully saturated rings. The summed E-state index contributed by atoms with van der Waals surface area (Å²) in [6, 6.07) is 14.4. The number of hydrogen-bond donors (Lipinski definition) is 1. The van der Waals surface area contributed by atoms with Crippen LogP contribution in [0.3, 0.4) is 0 Å². The van der Waals surface area contributed by atoms with Crippen LogP contribution in [0.15, 0.2) is 69.8 Å². The zero-order chi connectivity index (χ0) is 18.0. The van der Waals surface area contributed by atoms with Crippen molar-refractivity contribution in [2.75, 3.05) is 5.32 Å². The van der Waals surface area contributed by atoms with Gasteiger partial charge in [-0.3, -0.25) is 4.79 Å². The van der Waals surface area contributed by atoms with E-state index in [9.17, 15) is 13.2 Å². The van der Waals surface area contributed by atoms with E-state index in [0.717, 1.165) is 11.3 Å². The van der Waals surface area contributed by atoms with Gasteiger partial charge >= 0.3 is 0 Å². The Morgan fingerprint density at radius 1 is 0.960 bits per heavy atom. The molecule has 0 saturated carbocycles. The fraction of sp³-hybridized carbons (Fsp3) is 0. The Morgan fingerprint density at radius 3 is 2.28 bits per heavy atom. The summed E-state index contributed by atoms with van der Waals surface area (Å²) in [7, 11) is -3.81. The molecule has 2 aromatic carbocycles. The van der Waals surface area contributed by atoms with Gasteiger partial charge in [0.2, 0.25) is 9.84 Å². The van der Waals surface area contributed by atoms with E-state index >= 15 is 0 Å². The van der Waals surface area contributed by atoms with Gasteiger partial charge in [0.1, 0.15) is 9.23 Å². The second kappa shape index (κ2) is 7.17. The number of carbonyl (C=O) groups excluding carboxylic acids is 1. The first kappa shape index (κ1) is 17.9. The summed E-state index contributed by atoms with van der Waals surface area (Å²) in [5.41, 5.74) is 0.287. The molecular formula is C17H11Cl2NO3S2. The van der Waals surface area contributed by atoms with E-state index in [4.69, 9.17) is 23.2 Å². The molecule has 1 N–H and O–H groups in total. The summed E-state index contributed by atoms with van der Waals surface area (Å²) in [5, 5.41) is 4.24. The molecule has 0 spiro atoms. The number of benzene rings is 2. The second-order valence-corrected chi connectivity index (χ2v) is 8.81. The van der Waals surface area contributed by atoms with Crippen molar-refractivity contribution >= 4 is 56.0 Å². The highest BCUT2D eigenvalue weighted by atomic mass is 35.5. The van der Waals surface area contributed by atoms with E-state index in [-0.39, 0.29) is 30.4 Å². The molecule has 128 valence electrons. The van der Waals surface area contributed by atoms with E-state index in [0.29, 0.717) is 0 Å². The van der Waals surface area contributed by atoms with Crippen LogP contribution in [0, 0.1) is 0 Å². The number of carbonyl (C=O) groups is 1. The molecule has 0 aliphatic carbocycles. The van der Waals surface area contributed by atoms with Crippen molar-refractivity contribution in [1.29, 1.82) is 0 Å². The third kappa shape index (κ3) is 3.57. The van der Waals surface area contributed by atoms with Gasteiger partial charge in [-0.15, -0.1) is 11.3 Å². The van der Waals surface area contributed by atoms with Crippen molar-refractivity contribution in [1.82, 2.24) is 0 Å². The van der Waals surface area contributed by atoms with Gasteiger partial charge in [0.15, 0.2) is 0 Å². The predicted octanol–water partition coefficient (Wildman–Crippen LogP) is 5.14. The van der Waals surface area contributed by atoms with E-state index in [1.54, 1.807) is 42.5 Å². The predicted molar refractivity (Wildman–Crippen MR) is 101 cm³/mol. The maximum atomic E-state index is 12.8. The Morgan fingerprint density at radius 2 is 1.60 bits per heavy atom. The standard InChI is InChI=1S/C17H11Cl2NO3S2/c18-13-9-5-4-8-12(13)17(21)20-15-14(10-24-16(15)19)25(22,23)11-6-2-1-3-7-11/h1-10H,(H,20,21). The Hall–Kier alpha value is -1.86. The van der Waals surface area contributed by atoms with Gasteiger partial charge in [0, 0.05) is 5.38 Å². The molecule has 1 aromatic heterocycles. The van der Waals surface area contributed by atoms with Crippen LogP contribution in [0.25, 0.3) is 0 Å². The van der Waals surface area contributed by atoms with E-state index in [1.807, 2.05) is 0 Å². The minimum Gasteiger partial charge on any atom is -0.319 e. The molecular weight excluding hydrogens is 401 g/mol. The van der Waals surface area contributed by atoms with Crippen LogP contribution < -0.4 is 5.32 Å². The summed E-state index contributed by atoms with van der Waals surface area (Å²) in [5.74, 6) is -0.532. The number of halogens is 2. The summed E-state index contributed by atoms with van der Waals surface area (Å²) in [6.07, 6.45) is 0. The number of sulfone groups is 1.